The van der Waals surface area contributed by atoms with Gasteiger partial charge in [0, 0.05) is 62.1 Å². The molecule has 4 aromatic rings. The first-order valence-corrected chi connectivity index (χ1v) is 12.3. The lowest BCUT2D eigenvalue weighted by Crippen LogP contribution is -2.40. The molecule has 1 atom stereocenters. The van der Waals surface area contributed by atoms with Gasteiger partial charge in [-0.3, -0.25) is 14.5 Å². The fourth-order valence-electron chi connectivity index (χ4n) is 5.64. The van der Waals surface area contributed by atoms with Gasteiger partial charge >= 0.3 is 0 Å². The zero-order valence-electron chi connectivity index (χ0n) is 20.7. The molecule has 2 aliphatic rings. The minimum atomic E-state index is -0.267. The van der Waals surface area contributed by atoms with Crippen molar-refractivity contribution in [3.05, 3.63) is 53.9 Å². The van der Waals surface area contributed by atoms with E-state index in [1.165, 1.54) is 0 Å². The Hall–Kier alpha value is -3.52. The molecule has 35 heavy (non-hydrogen) atoms. The van der Waals surface area contributed by atoms with E-state index in [0.29, 0.717) is 12.5 Å². The van der Waals surface area contributed by atoms with Gasteiger partial charge in [-0.2, -0.15) is 5.10 Å². The van der Waals surface area contributed by atoms with E-state index in [0.717, 1.165) is 76.6 Å². The molecule has 1 aromatic carbocycles. The Morgan fingerprint density at radius 3 is 2.66 bits per heavy atom. The number of carbonyl (C=O) groups excluding carboxylic acids is 1. The molecule has 2 aliphatic heterocycles. The maximum atomic E-state index is 12.9. The van der Waals surface area contributed by atoms with Gasteiger partial charge in [-0.05, 0) is 38.1 Å². The molecule has 1 fully saturated rings. The second-order valence-corrected chi connectivity index (χ2v) is 9.79. The summed E-state index contributed by atoms with van der Waals surface area (Å²) in [6.45, 7) is 6.01. The first-order valence-electron chi connectivity index (χ1n) is 12.3. The number of aromatic nitrogens is 5. The molecule has 3 aromatic heterocycles. The third-order valence-corrected chi connectivity index (χ3v) is 7.44. The first kappa shape index (κ1) is 22.0. The van der Waals surface area contributed by atoms with E-state index in [2.05, 4.69) is 33.9 Å². The summed E-state index contributed by atoms with van der Waals surface area (Å²) < 4.78 is 9.63. The standard InChI is InChI=1S/C27H30N6O2/c1-16-22(14-32(4)30-16)23-12-19-6-5-7-20(21(19)13-28-23)25-24-15-31(3)27(34)17(2)33(24)26(29-25)18-8-10-35-11-9-18/h5-7,12-14,17-18H,8-11,15H2,1-4H3/t17-/m1/s1. The van der Waals surface area contributed by atoms with Gasteiger partial charge in [-0.15, -0.1) is 0 Å². The van der Waals surface area contributed by atoms with Crippen LogP contribution in [0.3, 0.4) is 0 Å². The predicted molar refractivity (Wildman–Crippen MR) is 134 cm³/mol. The van der Waals surface area contributed by atoms with Crippen molar-refractivity contribution in [1.82, 2.24) is 29.2 Å². The third-order valence-electron chi connectivity index (χ3n) is 7.44. The molecular formula is C27H30N6O2. The largest absolute Gasteiger partial charge is 0.381 e. The molecule has 8 heteroatoms. The molecule has 0 N–H and O–H groups in total. The van der Waals surface area contributed by atoms with E-state index in [4.69, 9.17) is 14.7 Å². The van der Waals surface area contributed by atoms with Crippen LogP contribution in [0.1, 0.15) is 48.9 Å². The van der Waals surface area contributed by atoms with Crippen molar-refractivity contribution in [3.8, 4) is 22.5 Å². The topological polar surface area (TPSA) is 78.1 Å². The van der Waals surface area contributed by atoms with Crippen molar-refractivity contribution in [2.75, 3.05) is 20.3 Å². The fourth-order valence-corrected chi connectivity index (χ4v) is 5.64. The van der Waals surface area contributed by atoms with E-state index in [1.54, 1.807) is 0 Å². The summed E-state index contributed by atoms with van der Waals surface area (Å²) >= 11 is 0. The van der Waals surface area contributed by atoms with Gasteiger partial charge < -0.3 is 14.2 Å². The molecular weight excluding hydrogens is 440 g/mol. The second-order valence-electron chi connectivity index (χ2n) is 9.79. The summed E-state index contributed by atoms with van der Waals surface area (Å²) in [5.41, 5.74) is 6.02. The molecule has 0 spiro atoms. The van der Waals surface area contributed by atoms with Crippen LogP contribution in [0.2, 0.25) is 0 Å². The van der Waals surface area contributed by atoms with E-state index in [-0.39, 0.29) is 11.9 Å². The summed E-state index contributed by atoms with van der Waals surface area (Å²) in [4.78, 5) is 24.8. The first-order chi connectivity index (χ1) is 16.9. The minimum Gasteiger partial charge on any atom is -0.381 e. The van der Waals surface area contributed by atoms with Crippen molar-refractivity contribution in [1.29, 1.82) is 0 Å². The normalized spacial score (nSPS) is 18.9. The van der Waals surface area contributed by atoms with Crippen molar-refractivity contribution in [2.24, 2.45) is 7.05 Å². The lowest BCUT2D eigenvalue weighted by molar-refractivity contribution is -0.135. The van der Waals surface area contributed by atoms with Crippen molar-refractivity contribution in [2.45, 2.75) is 45.2 Å². The van der Waals surface area contributed by atoms with Gasteiger partial charge in [0.2, 0.25) is 5.91 Å². The SMILES string of the molecule is Cc1nn(C)cc1-c1cc2cccc(-c3nc(C4CCOCC4)n4c3CN(C)C(=O)[C@H]4C)c2cn1. The van der Waals surface area contributed by atoms with Crippen LogP contribution in [-0.4, -0.2) is 55.4 Å². The Kier molecular flexibility index (Phi) is 5.21. The summed E-state index contributed by atoms with van der Waals surface area (Å²) in [5, 5.41) is 6.64. The van der Waals surface area contributed by atoms with Crippen LogP contribution in [0.4, 0.5) is 0 Å². The van der Waals surface area contributed by atoms with Gasteiger partial charge in [0.25, 0.3) is 0 Å². The monoisotopic (exact) mass is 470 g/mol. The zero-order chi connectivity index (χ0) is 24.3. The van der Waals surface area contributed by atoms with E-state index in [9.17, 15) is 4.79 Å². The number of likely N-dealkylation sites (N-methyl/N-ethyl adjacent to an activating group) is 1. The van der Waals surface area contributed by atoms with Crippen LogP contribution in [-0.2, 0) is 23.1 Å². The number of rotatable bonds is 3. The number of hydrogen-bond acceptors (Lipinski definition) is 5. The number of carbonyl (C=O) groups is 1. The Morgan fingerprint density at radius 1 is 1.11 bits per heavy atom. The van der Waals surface area contributed by atoms with E-state index >= 15 is 0 Å². The Labute approximate surface area is 204 Å². The Morgan fingerprint density at radius 2 is 1.91 bits per heavy atom. The third kappa shape index (κ3) is 3.55. The molecule has 0 unspecified atom stereocenters. The molecule has 0 saturated carbocycles. The molecule has 5 heterocycles. The van der Waals surface area contributed by atoms with Crippen LogP contribution in [0, 0.1) is 6.92 Å². The lowest BCUT2D eigenvalue weighted by Gasteiger charge is -2.32. The van der Waals surface area contributed by atoms with E-state index in [1.807, 2.05) is 49.9 Å². The molecule has 8 nitrogen and oxygen atoms in total. The molecule has 6 rings (SSSR count). The molecule has 180 valence electrons. The minimum absolute atomic E-state index is 0.130. The van der Waals surface area contributed by atoms with Gasteiger partial charge in [-0.25, -0.2) is 4.98 Å². The molecule has 1 amide bonds. The van der Waals surface area contributed by atoms with Gasteiger partial charge in [0.1, 0.15) is 11.9 Å². The Balaban J connectivity index is 1.52. The number of benzene rings is 1. The predicted octanol–water partition coefficient (Wildman–Crippen LogP) is 4.23. The van der Waals surface area contributed by atoms with Gasteiger partial charge in [0.05, 0.1) is 29.3 Å². The molecule has 0 bridgehead atoms. The maximum absolute atomic E-state index is 12.9. The number of hydrogen-bond donors (Lipinski definition) is 0. The summed E-state index contributed by atoms with van der Waals surface area (Å²) in [5.74, 6) is 1.44. The van der Waals surface area contributed by atoms with Crippen molar-refractivity contribution >= 4 is 16.7 Å². The Bertz CT molecular complexity index is 1450. The zero-order valence-corrected chi connectivity index (χ0v) is 20.7. The van der Waals surface area contributed by atoms with Crippen molar-refractivity contribution < 1.29 is 9.53 Å². The quantitative estimate of drug-likeness (QED) is 0.448. The number of ether oxygens (including phenoxy) is 1. The van der Waals surface area contributed by atoms with Gasteiger partial charge in [0.15, 0.2) is 0 Å². The number of pyridine rings is 1. The van der Waals surface area contributed by atoms with Crippen LogP contribution < -0.4 is 0 Å². The number of amides is 1. The highest BCUT2D eigenvalue weighted by molar-refractivity contribution is 5.97. The number of imidazole rings is 1. The highest BCUT2D eigenvalue weighted by atomic mass is 16.5. The lowest BCUT2D eigenvalue weighted by atomic mass is 9.98. The van der Waals surface area contributed by atoms with Gasteiger partial charge in [-0.1, -0.05) is 18.2 Å². The summed E-state index contributed by atoms with van der Waals surface area (Å²) in [7, 11) is 3.80. The van der Waals surface area contributed by atoms with Crippen LogP contribution in [0.25, 0.3) is 33.3 Å². The summed E-state index contributed by atoms with van der Waals surface area (Å²) in [6, 6.07) is 8.19. The molecule has 1 saturated heterocycles. The summed E-state index contributed by atoms with van der Waals surface area (Å²) in [6.07, 6.45) is 5.82. The smallest absolute Gasteiger partial charge is 0.245 e. The number of aryl methyl sites for hydroxylation is 2. The fraction of sp³-hybridized carbons (Fsp3) is 0.407. The van der Waals surface area contributed by atoms with Crippen LogP contribution in [0.15, 0.2) is 36.7 Å². The number of nitrogens with zero attached hydrogens (tertiary/aromatic N) is 6. The highest BCUT2D eigenvalue weighted by Gasteiger charge is 2.36. The highest BCUT2D eigenvalue weighted by Crippen LogP contribution is 2.39. The maximum Gasteiger partial charge on any atom is 0.245 e. The average molecular weight is 471 g/mol. The van der Waals surface area contributed by atoms with Crippen LogP contribution in [0.5, 0.6) is 0 Å². The second kappa shape index (κ2) is 8.30. The molecule has 0 aliphatic carbocycles. The average Bonchev–Trinajstić information content (AvgIpc) is 3.41. The van der Waals surface area contributed by atoms with E-state index < -0.39 is 0 Å². The van der Waals surface area contributed by atoms with Crippen molar-refractivity contribution in [3.63, 3.8) is 0 Å². The number of fused-ring (bicyclic) bond motifs is 2. The molecule has 0 radical (unpaired) electrons. The van der Waals surface area contributed by atoms with Crippen LogP contribution >= 0.6 is 0 Å².